The maximum atomic E-state index is 13.6. The van der Waals surface area contributed by atoms with Crippen molar-refractivity contribution in [3.63, 3.8) is 0 Å². The zero-order chi connectivity index (χ0) is 24.4. The Kier molecular flexibility index (Phi) is 7.77. The molecule has 0 radical (unpaired) electrons. The third-order valence-electron chi connectivity index (χ3n) is 6.95. The van der Waals surface area contributed by atoms with Gasteiger partial charge in [0.1, 0.15) is 6.04 Å². The predicted molar refractivity (Wildman–Crippen MR) is 132 cm³/mol. The smallest absolute Gasteiger partial charge is 0.251 e. The first-order valence-corrected chi connectivity index (χ1v) is 12.1. The molecule has 0 aliphatic carbocycles. The third-order valence-corrected chi connectivity index (χ3v) is 7.46. The largest absolute Gasteiger partial charge is 0.384 e. The molecular weight excluding hydrogens is 459 g/mol. The molecule has 1 fully saturated rings. The summed E-state index contributed by atoms with van der Waals surface area (Å²) in [7, 11) is 0. The molecule has 7 heteroatoms. The van der Waals surface area contributed by atoms with Crippen molar-refractivity contribution >= 4 is 35.0 Å². The minimum atomic E-state index is -1.09. The van der Waals surface area contributed by atoms with Crippen molar-refractivity contribution in [2.24, 2.45) is 11.3 Å². The number of carbonyl (C=O) groups excluding carboxylic acids is 2. The molecule has 2 amide bonds. The van der Waals surface area contributed by atoms with Gasteiger partial charge in [0.2, 0.25) is 5.91 Å². The van der Waals surface area contributed by atoms with E-state index in [9.17, 15) is 14.7 Å². The highest BCUT2D eigenvalue weighted by Gasteiger charge is 2.50. The molecule has 2 N–H and O–H groups in total. The van der Waals surface area contributed by atoms with E-state index in [4.69, 9.17) is 23.2 Å². The van der Waals surface area contributed by atoms with Crippen molar-refractivity contribution in [2.75, 3.05) is 13.1 Å². The fourth-order valence-electron chi connectivity index (χ4n) is 4.48. The SMILES string of the molecule is CC[C@H](C)[C@@H](NC(=O)c1ccc(Cl)cc1)C(=O)N1CCC(O)(c2ccc(Cl)cc2)C(C)(C)C1. The first-order chi connectivity index (χ1) is 15.5. The molecule has 1 saturated heterocycles. The molecule has 33 heavy (non-hydrogen) atoms. The van der Waals surface area contributed by atoms with Crippen molar-refractivity contribution < 1.29 is 14.7 Å². The minimum absolute atomic E-state index is 0.0473. The van der Waals surface area contributed by atoms with E-state index in [0.717, 1.165) is 12.0 Å². The van der Waals surface area contributed by atoms with Crippen LogP contribution in [0.15, 0.2) is 48.5 Å². The van der Waals surface area contributed by atoms with Gasteiger partial charge in [-0.2, -0.15) is 0 Å². The number of amides is 2. The molecule has 178 valence electrons. The van der Waals surface area contributed by atoms with Gasteiger partial charge in [-0.3, -0.25) is 9.59 Å². The summed E-state index contributed by atoms with van der Waals surface area (Å²) in [6, 6.07) is 13.2. The van der Waals surface area contributed by atoms with E-state index in [0.29, 0.717) is 35.1 Å². The number of hydrogen-bond acceptors (Lipinski definition) is 3. The van der Waals surface area contributed by atoms with Gasteiger partial charge in [-0.05, 0) is 54.3 Å². The molecule has 3 rings (SSSR count). The maximum absolute atomic E-state index is 13.6. The quantitative estimate of drug-likeness (QED) is 0.578. The number of carbonyl (C=O) groups is 2. The number of piperidine rings is 1. The first-order valence-electron chi connectivity index (χ1n) is 11.3. The molecule has 1 aliphatic heterocycles. The highest BCUT2D eigenvalue weighted by atomic mass is 35.5. The number of hydrogen-bond donors (Lipinski definition) is 2. The molecule has 2 aromatic carbocycles. The second-order valence-corrected chi connectivity index (χ2v) is 10.5. The average Bonchev–Trinajstić information content (AvgIpc) is 2.79. The van der Waals surface area contributed by atoms with Crippen LogP contribution >= 0.6 is 23.2 Å². The van der Waals surface area contributed by atoms with Crippen molar-refractivity contribution in [1.82, 2.24) is 10.2 Å². The van der Waals surface area contributed by atoms with Crippen LogP contribution in [0, 0.1) is 11.3 Å². The summed E-state index contributed by atoms with van der Waals surface area (Å²) in [5.74, 6) is -0.480. The number of nitrogens with zero attached hydrogens (tertiary/aromatic N) is 1. The number of benzene rings is 2. The Morgan fingerprint density at radius 1 is 1.06 bits per heavy atom. The molecule has 3 atom stereocenters. The van der Waals surface area contributed by atoms with Crippen LogP contribution in [0.5, 0.6) is 0 Å². The zero-order valence-electron chi connectivity index (χ0n) is 19.6. The highest BCUT2D eigenvalue weighted by molar-refractivity contribution is 6.30. The summed E-state index contributed by atoms with van der Waals surface area (Å²) in [6.07, 6.45) is 1.13. The molecule has 1 unspecified atom stereocenters. The topological polar surface area (TPSA) is 69.6 Å². The van der Waals surface area contributed by atoms with Crippen LogP contribution in [-0.4, -0.2) is 41.0 Å². The number of aliphatic hydroxyl groups is 1. The second kappa shape index (κ2) is 10.0. The number of rotatable bonds is 6. The lowest BCUT2D eigenvalue weighted by Gasteiger charge is -2.51. The minimum Gasteiger partial charge on any atom is -0.384 e. The second-order valence-electron chi connectivity index (χ2n) is 9.60. The number of halogens is 2. The monoisotopic (exact) mass is 490 g/mol. The van der Waals surface area contributed by atoms with Gasteiger partial charge < -0.3 is 15.3 Å². The van der Waals surface area contributed by atoms with Crippen LogP contribution in [-0.2, 0) is 10.4 Å². The van der Waals surface area contributed by atoms with Gasteiger partial charge in [0.05, 0.1) is 5.60 Å². The molecule has 0 saturated carbocycles. The van der Waals surface area contributed by atoms with E-state index in [-0.39, 0.29) is 17.7 Å². The molecule has 0 aromatic heterocycles. The standard InChI is InChI=1S/C26H32Cl2N2O3/c1-5-17(2)22(29-23(31)18-6-10-20(27)11-7-18)24(32)30-15-14-26(33,25(3,4)16-30)19-8-12-21(28)13-9-19/h6-13,17,22,33H,5,14-16H2,1-4H3,(H,29,31)/t17-,22+,26?/m0/s1. The lowest BCUT2D eigenvalue weighted by molar-refractivity contribution is -0.155. The summed E-state index contributed by atoms with van der Waals surface area (Å²) in [5, 5.41) is 15.7. The molecule has 2 aromatic rings. The molecule has 5 nitrogen and oxygen atoms in total. The van der Waals surface area contributed by atoms with Crippen molar-refractivity contribution in [2.45, 2.75) is 52.2 Å². The summed E-state index contributed by atoms with van der Waals surface area (Å²) in [4.78, 5) is 28.2. The lowest BCUT2D eigenvalue weighted by Crippen LogP contribution is -2.60. The van der Waals surface area contributed by atoms with Gasteiger partial charge in [0.15, 0.2) is 0 Å². The Balaban J connectivity index is 1.79. The normalized spacial score (nSPS) is 21.8. The highest BCUT2D eigenvalue weighted by Crippen LogP contribution is 2.46. The predicted octanol–water partition coefficient (Wildman–Crippen LogP) is 5.28. The molecule has 0 bridgehead atoms. The summed E-state index contributed by atoms with van der Waals surface area (Å²) < 4.78 is 0. The van der Waals surface area contributed by atoms with Crippen molar-refractivity contribution in [1.29, 1.82) is 0 Å². The fourth-order valence-corrected chi connectivity index (χ4v) is 4.73. The fraction of sp³-hybridized carbons (Fsp3) is 0.462. The first kappa shape index (κ1) is 25.5. The van der Waals surface area contributed by atoms with E-state index < -0.39 is 17.1 Å². The summed E-state index contributed by atoms with van der Waals surface area (Å²) >= 11 is 12.0. The Morgan fingerprint density at radius 2 is 1.61 bits per heavy atom. The van der Waals surface area contributed by atoms with Crippen LogP contribution in [0.25, 0.3) is 0 Å². The molecule has 0 spiro atoms. The zero-order valence-corrected chi connectivity index (χ0v) is 21.1. The van der Waals surface area contributed by atoms with E-state index in [2.05, 4.69) is 5.32 Å². The van der Waals surface area contributed by atoms with Gasteiger partial charge in [-0.1, -0.05) is 69.5 Å². The van der Waals surface area contributed by atoms with Gasteiger partial charge >= 0.3 is 0 Å². The summed E-state index contributed by atoms with van der Waals surface area (Å²) in [6.45, 7) is 8.65. The van der Waals surface area contributed by atoms with E-state index in [1.54, 1.807) is 41.3 Å². The molecular formula is C26H32Cl2N2O3. The summed E-state index contributed by atoms with van der Waals surface area (Å²) in [5.41, 5.74) is -0.447. The number of likely N-dealkylation sites (tertiary alicyclic amines) is 1. The van der Waals surface area contributed by atoms with Gasteiger partial charge in [-0.15, -0.1) is 0 Å². The molecule has 1 heterocycles. The van der Waals surface area contributed by atoms with Crippen molar-refractivity contribution in [3.05, 3.63) is 69.7 Å². The third kappa shape index (κ3) is 5.37. The lowest BCUT2D eigenvalue weighted by atomic mass is 9.66. The van der Waals surface area contributed by atoms with Crippen LogP contribution in [0.3, 0.4) is 0 Å². The Labute approximate surface area is 206 Å². The Morgan fingerprint density at radius 3 is 2.12 bits per heavy atom. The maximum Gasteiger partial charge on any atom is 0.251 e. The number of nitrogens with one attached hydrogen (secondary N) is 1. The van der Waals surface area contributed by atoms with E-state index in [1.807, 2.05) is 39.8 Å². The van der Waals surface area contributed by atoms with E-state index >= 15 is 0 Å². The van der Waals surface area contributed by atoms with Gasteiger partial charge in [0.25, 0.3) is 5.91 Å². The van der Waals surface area contributed by atoms with Crippen LogP contribution in [0.1, 0.15) is 56.5 Å². The average molecular weight is 491 g/mol. The van der Waals surface area contributed by atoms with Gasteiger partial charge in [-0.25, -0.2) is 0 Å². The van der Waals surface area contributed by atoms with Gasteiger partial charge in [0, 0.05) is 34.1 Å². The van der Waals surface area contributed by atoms with Crippen molar-refractivity contribution in [3.8, 4) is 0 Å². The van der Waals surface area contributed by atoms with E-state index in [1.165, 1.54) is 0 Å². The van der Waals surface area contributed by atoms with Crippen LogP contribution in [0.4, 0.5) is 0 Å². The van der Waals surface area contributed by atoms with Crippen LogP contribution < -0.4 is 5.32 Å². The Hall–Kier alpha value is -2.08. The Bertz CT molecular complexity index is 992. The van der Waals surface area contributed by atoms with Crippen LogP contribution in [0.2, 0.25) is 10.0 Å². The molecule has 1 aliphatic rings.